The molecule has 79 heavy (non-hydrogen) atoms. The van der Waals surface area contributed by atoms with Crippen LogP contribution in [0.3, 0.4) is 0 Å². The smallest absolute Gasteiger partial charge is 0.366 e. The molecule has 0 fully saturated rings. The summed E-state index contributed by atoms with van der Waals surface area (Å²) < 4.78 is 143. The molecule has 0 radical (unpaired) electrons. The van der Waals surface area contributed by atoms with Crippen molar-refractivity contribution < 1.29 is 123 Å². The molecule has 0 spiro atoms. The highest BCUT2D eigenvalue weighted by Gasteiger charge is 2.06. The van der Waals surface area contributed by atoms with Crippen molar-refractivity contribution in [3.63, 3.8) is 0 Å². The minimum Gasteiger partial charge on any atom is -0.458 e. The molecule has 0 amide bonds. The molecule has 0 saturated carbocycles. The van der Waals surface area contributed by atoms with Crippen molar-refractivity contribution in [2.45, 2.75) is 19.8 Å². The molecule has 26 heteroatoms. The molecule has 0 aromatic carbocycles. The molecule has 0 aliphatic carbocycles. The van der Waals surface area contributed by atoms with Crippen molar-refractivity contribution in [2.24, 2.45) is 0 Å². The Labute approximate surface area is 470 Å². The molecular weight excluding hydrogens is 1060 g/mol. The summed E-state index contributed by atoms with van der Waals surface area (Å²) in [5.41, 5.74) is 0. The van der Waals surface area contributed by atoms with Crippen molar-refractivity contribution in [3.8, 4) is 0 Å². The molecule has 0 aliphatic rings. The third kappa shape index (κ3) is 72.3. The largest absolute Gasteiger partial charge is 0.458 e. The number of hydrogen-bond acceptors (Lipinski definition) is 25. The summed E-state index contributed by atoms with van der Waals surface area (Å²) in [5.74, 6) is -2.22. The predicted octanol–water partition coefficient (Wildman–Crippen LogP) is 2.19. The maximum Gasteiger partial charge on any atom is 0.366 e. The second-order valence-corrected chi connectivity index (χ2v) is 16.0. The molecule has 0 aliphatic heterocycles. The van der Waals surface area contributed by atoms with Gasteiger partial charge in [-0.1, -0.05) is 19.9 Å². The molecule has 0 rings (SSSR count). The predicted molar refractivity (Wildman–Crippen MR) is 285 cm³/mol. The zero-order valence-electron chi connectivity index (χ0n) is 47.9. The third-order valence-corrected chi connectivity index (χ3v) is 9.51. The first-order valence-corrected chi connectivity index (χ1v) is 28.0. The molecule has 25 nitrogen and oxygen atoms in total. The minimum atomic E-state index is -1.14. The number of rotatable bonds is 73. The van der Waals surface area contributed by atoms with Crippen LogP contribution >= 0.6 is 0 Å². The van der Waals surface area contributed by atoms with Crippen LogP contribution in [-0.4, -0.2) is 316 Å². The molecule has 0 saturated heterocycles. The van der Waals surface area contributed by atoms with Gasteiger partial charge in [0, 0.05) is 6.61 Å². The number of esters is 1. The van der Waals surface area contributed by atoms with Gasteiger partial charge in [-0.2, -0.15) is 4.39 Å². The molecule has 0 N–H and O–H groups in total. The van der Waals surface area contributed by atoms with E-state index in [2.05, 4.69) is 18.2 Å². The maximum atomic E-state index is 12.4. The van der Waals surface area contributed by atoms with E-state index >= 15 is 0 Å². The van der Waals surface area contributed by atoms with Gasteiger partial charge in [0.25, 0.3) is 0 Å². The van der Waals surface area contributed by atoms with E-state index in [0.717, 1.165) is 19.4 Å². The summed E-state index contributed by atoms with van der Waals surface area (Å²) in [6.45, 7) is 27.1. The summed E-state index contributed by atoms with van der Waals surface area (Å²) in [4.78, 5) is 10.9. The van der Waals surface area contributed by atoms with E-state index in [1.807, 2.05) is 0 Å². The Morgan fingerprint density at radius 2 is 0.342 bits per heavy atom. The molecule has 0 aromatic heterocycles. The van der Waals surface area contributed by atoms with Crippen molar-refractivity contribution in [2.75, 3.05) is 311 Å². The Bertz CT molecular complexity index is 1160. The van der Waals surface area contributed by atoms with Gasteiger partial charge in [-0.05, 0) is 6.42 Å². The highest BCUT2D eigenvalue weighted by Crippen LogP contribution is 1.96. The SMILES string of the molecule is C=C(F)C(=O)OCCOCCOCCOCCOCCOCCOCCOCCOCCOCCOCCOCCOCCOCCOCCOCCOCCOCCOCCOCCOCCOCCOCCOCCCC. The van der Waals surface area contributed by atoms with E-state index in [-0.39, 0.29) is 13.2 Å². The van der Waals surface area contributed by atoms with Crippen molar-refractivity contribution >= 4 is 5.97 Å². The summed E-state index contributed by atoms with van der Waals surface area (Å²) in [7, 11) is 0. The zero-order chi connectivity index (χ0) is 56.8. The summed E-state index contributed by atoms with van der Waals surface area (Å²) in [5, 5.41) is 0. The zero-order valence-corrected chi connectivity index (χ0v) is 47.9. The normalized spacial score (nSPS) is 11.6. The van der Waals surface area contributed by atoms with Gasteiger partial charge in [0.1, 0.15) is 6.61 Å². The quantitative estimate of drug-likeness (QED) is 0.0482. The van der Waals surface area contributed by atoms with Crippen LogP contribution in [0.1, 0.15) is 19.8 Å². The minimum absolute atomic E-state index is 0.0489. The molecule has 472 valence electrons. The summed E-state index contributed by atoms with van der Waals surface area (Å²) in [6.07, 6.45) is 2.22. The second-order valence-electron chi connectivity index (χ2n) is 16.0. The van der Waals surface area contributed by atoms with Crippen molar-refractivity contribution in [1.82, 2.24) is 0 Å². The highest BCUT2D eigenvalue weighted by atomic mass is 19.1. The molecule has 0 unspecified atom stereocenters. The topological polar surface area (TPSA) is 239 Å². The molecule has 0 aromatic rings. The first-order chi connectivity index (χ1) is 39.2. The van der Waals surface area contributed by atoms with E-state index < -0.39 is 11.8 Å². The Balaban J connectivity index is 3.09. The average Bonchev–Trinajstić information content (AvgIpc) is 3.45. The van der Waals surface area contributed by atoms with E-state index in [9.17, 15) is 9.18 Å². The molecular formula is C53H103FO25. The third-order valence-electron chi connectivity index (χ3n) is 9.51. The lowest BCUT2D eigenvalue weighted by atomic mass is 10.4. The number of hydrogen-bond donors (Lipinski definition) is 0. The van der Waals surface area contributed by atoms with Crippen molar-refractivity contribution in [1.29, 1.82) is 0 Å². The fourth-order valence-electron chi connectivity index (χ4n) is 5.46. The summed E-state index contributed by atoms with van der Waals surface area (Å²) >= 11 is 0. The van der Waals surface area contributed by atoms with Gasteiger partial charge in [0.2, 0.25) is 5.83 Å². The van der Waals surface area contributed by atoms with Gasteiger partial charge >= 0.3 is 5.97 Å². The second kappa shape index (κ2) is 72.3. The Kier molecular flexibility index (Phi) is 70.7. The Morgan fingerprint density at radius 1 is 0.228 bits per heavy atom. The lowest BCUT2D eigenvalue weighted by Crippen LogP contribution is -2.16. The van der Waals surface area contributed by atoms with Gasteiger partial charge in [-0.3, -0.25) is 0 Å². The van der Waals surface area contributed by atoms with Gasteiger partial charge in [-0.15, -0.1) is 0 Å². The van der Waals surface area contributed by atoms with Crippen molar-refractivity contribution in [3.05, 3.63) is 12.4 Å². The van der Waals surface area contributed by atoms with Crippen LogP contribution in [0.4, 0.5) is 4.39 Å². The monoisotopic (exact) mass is 1160 g/mol. The van der Waals surface area contributed by atoms with E-state index in [0.29, 0.717) is 291 Å². The Hall–Kier alpha value is -1.78. The van der Waals surface area contributed by atoms with E-state index in [1.165, 1.54) is 0 Å². The van der Waals surface area contributed by atoms with Gasteiger partial charge < -0.3 is 114 Å². The number of halogens is 1. The number of carbonyl (C=O) groups is 1. The maximum absolute atomic E-state index is 12.4. The summed E-state index contributed by atoms with van der Waals surface area (Å²) in [6, 6.07) is 0. The molecule has 0 atom stereocenters. The van der Waals surface area contributed by atoms with Crippen LogP contribution in [0, 0.1) is 0 Å². The van der Waals surface area contributed by atoms with Gasteiger partial charge in [-0.25, -0.2) is 4.79 Å². The first kappa shape index (κ1) is 77.2. The van der Waals surface area contributed by atoms with Crippen LogP contribution in [0.2, 0.25) is 0 Å². The number of ether oxygens (including phenoxy) is 24. The average molecular weight is 1160 g/mol. The fraction of sp³-hybridized carbons (Fsp3) is 0.943. The fourth-order valence-corrected chi connectivity index (χ4v) is 5.46. The number of carbonyl (C=O) groups excluding carboxylic acids is 1. The van der Waals surface area contributed by atoms with Gasteiger partial charge in [0.15, 0.2) is 0 Å². The van der Waals surface area contributed by atoms with Crippen LogP contribution in [0.15, 0.2) is 12.4 Å². The van der Waals surface area contributed by atoms with Crippen LogP contribution < -0.4 is 0 Å². The highest BCUT2D eigenvalue weighted by molar-refractivity contribution is 5.85. The first-order valence-electron chi connectivity index (χ1n) is 28.0. The molecule has 0 bridgehead atoms. The molecule has 0 heterocycles. The lowest BCUT2D eigenvalue weighted by Gasteiger charge is -2.09. The van der Waals surface area contributed by atoms with E-state index in [1.54, 1.807) is 0 Å². The van der Waals surface area contributed by atoms with E-state index in [4.69, 9.17) is 109 Å². The number of unbranched alkanes of at least 4 members (excludes halogenated alkanes) is 1. The lowest BCUT2D eigenvalue weighted by molar-refractivity contribution is -0.142. The van der Waals surface area contributed by atoms with Crippen LogP contribution in [-0.2, 0) is 118 Å². The van der Waals surface area contributed by atoms with Crippen LogP contribution in [0.5, 0.6) is 0 Å². The van der Waals surface area contributed by atoms with Gasteiger partial charge in [0.05, 0.1) is 297 Å². The standard InChI is InChI=1S/C53H103FO25/c1-3-4-5-56-6-7-57-8-9-58-10-11-59-12-13-60-14-15-61-16-17-62-18-19-63-20-21-64-22-23-65-24-25-66-26-27-67-28-29-68-30-31-69-32-33-70-34-35-71-36-37-72-38-39-73-40-41-74-42-43-75-44-45-76-46-47-77-48-49-78-50-51-79-53(55)52(2)54/h2-51H2,1H3. The van der Waals surface area contributed by atoms with Crippen LogP contribution in [0.25, 0.3) is 0 Å². The Morgan fingerprint density at radius 3 is 0.456 bits per heavy atom.